The van der Waals surface area contributed by atoms with Gasteiger partial charge in [-0.3, -0.25) is 9.89 Å². The van der Waals surface area contributed by atoms with Gasteiger partial charge in [-0.25, -0.2) is 0 Å². The average Bonchev–Trinajstić information content (AvgIpc) is 3.35. The second kappa shape index (κ2) is 6.88. The van der Waals surface area contributed by atoms with Crippen LogP contribution in [0.1, 0.15) is 21.5 Å². The van der Waals surface area contributed by atoms with Crippen molar-refractivity contribution in [2.45, 2.75) is 12.8 Å². The Labute approximate surface area is 162 Å². The number of nitrogens with zero attached hydrogens (tertiary/aromatic N) is 1. The van der Waals surface area contributed by atoms with Crippen LogP contribution in [-0.2, 0) is 12.8 Å². The highest BCUT2D eigenvalue weighted by molar-refractivity contribution is 6.00. The standard InChI is InChI=1S/C22H21N5O/c28-22(24-11-10-23-16-4-2-1-3-5-16)14-7-9-19-18(12-14)17-8-6-15-13-25-27-20(15)21(17)26-19/h1-5,7,9,12-13,23,26H,6,8,10-11H2,(H,24,28)(H,25,27). The third-order valence-corrected chi connectivity index (χ3v) is 5.29. The normalized spacial score (nSPS) is 12.4. The van der Waals surface area contributed by atoms with Crippen molar-refractivity contribution in [2.75, 3.05) is 18.4 Å². The summed E-state index contributed by atoms with van der Waals surface area (Å²) >= 11 is 0. The molecule has 0 radical (unpaired) electrons. The van der Waals surface area contributed by atoms with Crippen molar-refractivity contribution in [3.63, 3.8) is 0 Å². The molecule has 0 spiro atoms. The minimum Gasteiger partial charge on any atom is -0.383 e. The number of para-hydroxylation sites is 1. The van der Waals surface area contributed by atoms with Crippen LogP contribution in [0.5, 0.6) is 0 Å². The van der Waals surface area contributed by atoms with Gasteiger partial charge in [0.15, 0.2) is 0 Å². The number of H-pyrrole nitrogens is 2. The lowest BCUT2D eigenvalue weighted by atomic mass is 9.93. The van der Waals surface area contributed by atoms with Crippen LogP contribution in [0.25, 0.3) is 22.3 Å². The van der Waals surface area contributed by atoms with Crippen LogP contribution in [0.3, 0.4) is 0 Å². The summed E-state index contributed by atoms with van der Waals surface area (Å²) in [7, 11) is 0. The lowest BCUT2D eigenvalue weighted by Crippen LogP contribution is -2.28. The monoisotopic (exact) mass is 371 g/mol. The van der Waals surface area contributed by atoms with E-state index in [-0.39, 0.29) is 5.91 Å². The largest absolute Gasteiger partial charge is 0.383 e. The van der Waals surface area contributed by atoms with Gasteiger partial charge in [-0.05, 0) is 54.3 Å². The number of carbonyl (C=O) groups is 1. The molecule has 1 amide bonds. The fourth-order valence-corrected chi connectivity index (χ4v) is 3.88. The summed E-state index contributed by atoms with van der Waals surface area (Å²) in [4.78, 5) is 16.1. The molecule has 5 rings (SSSR count). The van der Waals surface area contributed by atoms with E-state index in [1.165, 1.54) is 11.1 Å². The smallest absolute Gasteiger partial charge is 0.251 e. The molecule has 4 aromatic rings. The first-order chi connectivity index (χ1) is 13.8. The van der Waals surface area contributed by atoms with E-state index >= 15 is 0 Å². The van der Waals surface area contributed by atoms with Crippen molar-refractivity contribution in [1.82, 2.24) is 20.5 Å². The highest BCUT2D eigenvalue weighted by Gasteiger charge is 2.22. The zero-order valence-electron chi connectivity index (χ0n) is 15.4. The van der Waals surface area contributed by atoms with Gasteiger partial charge in [-0.15, -0.1) is 0 Å². The minimum atomic E-state index is -0.0512. The SMILES string of the molecule is O=C(NCCNc1ccccc1)c1ccc2[nH]c3c(c2c1)CCc1cn[nH]c1-3. The third kappa shape index (κ3) is 2.93. The van der Waals surface area contributed by atoms with Crippen LogP contribution in [0, 0.1) is 0 Å². The van der Waals surface area contributed by atoms with E-state index in [1.54, 1.807) is 0 Å². The molecule has 0 fully saturated rings. The zero-order valence-corrected chi connectivity index (χ0v) is 15.4. The predicted molar refractivity (Wildman–Crippen MR) is 111 cm³/mol. The molecule has 0 atom stereocenters. The molecule has 2 aromatic heterocycles. The van der Waals surface area contributed by atoms with E-state index in [4.69, 9.17) is 0 Å². The summed E-state index contributed by atoms with van der Waals surface area (Å²) in [6, 6.07) is 15.8. The lowest BCUT2D eigenvalue weighted by Gasteiger charge is -2.11. The summed E-state index contributed by atoms with van der Waals surface area (Å²) in [5, 5.41) is 14.7. The number of rotatable bonds is 5. The number of fused-ring (bicyclic) bond motifs is 5. The van der Waals surface area contributed by atoms with E-state index < -0.39 is 0 Å². The molecule has 1 aliphatic carbocycles. The summed E-state index contributed by atoms with van der Waals surface area (Å²) in [6.45, 7) is 1.24. The highest BCUT2D eigenvalue weighted by Crippen LogP contribution is 2.36. The van der Waals surface area contributed by atoms with Crippen molar-refractivity contribution in [2.24, 2.45) is 0 Å². The van der Waals surface area contributed by atoms with E-state index in [1.807, 2.05) is 54.7 Å². The maximum Gasteiger partial charge on any atom is 0.251 e. The van der Waals surface area contributed by atoms with Crippen molar-refractivity contribution in [1.29, 1.82) is 0 Å². The van der Waals surface area contributed by atoms with Crippen LogP contribution in [0.2, 0.25) is 0 Å². The summed E-state index contributed by atoms with van der Waals surface area (Å²) in [5.41, 5.74) is 7.44. The predicted octanol–water partition coefficient (Wildman–Crippen LogP) is 3.50. The van der Waals surface area contributed by atoms with Gasteiger partial charge < -0.3 is 15.6 Å². The van der Waals surface area contributed by atoms with Crippen LogP contribution >= 0.6 is 0 Å². The van der Waals surface area contributed by atoms with Gasteiger partial charge >= 0.3 is 0 Å². The Bertz CT molecular complexity index is 1140. The lowest BCUT2D eigenvalue weighted by molar-refractivity contribution is 0.0955. The molecular formula is C22H21N5O. The average molecular weight is 371 g/mol. The van der Waals surface area contributed by atoms with Crippen LogP contribution in [0.4, 0.5) is 5.69 Å². The molecule has 6 heteroatoms. The molecule has 6 nitrogen and oxygen atoms in total. The number of carbonyl (C=O) groups excluding carboxylic acids is 1. The first-order valence-corrected chi connectivity index (χ1v) is 9.54. The molecule has 0 aliphatic heterocycles. The van der Waals surface area contributed by atoms with Crippen LogP contribution in [0.15, 0.2) is 54.7 Å². The molecule has 4 N–H and O–H groups in total. The minimum absolute atomic E-state index is 0.0512. The number of hydrogen-bond donors (Lipinski definition) is 4. The molecule has 0 unspecified atom stereocenters. The Morgan fingerprint density at radius 2 is 1.93 bits per heavy atom. The Morgan fingerprint density at radius 1 is 1.04 bits per heavy atom. The van der Waals surface area contributed by atoms with E-state index in [2.05, 4.69) is 25.8 Å². The van der Waals surface area contributed by atoms with Gasteiger partial charge in [-0.1, -0.05) is 18.2 Å². The number of aromatic nitrogens is 3. The summed E-state index contributed by atoms with van der Waals surface area (Å²) in [6.07, 6.45) is 3.81. The molecule has 2 aromatic carbocycles. The first-order valence-electron chi connectivity index (χ1n) is 9.54. The number of anilines is 1. The Hall–Kier alpha value is -3.54. The van der Waals surface area contributed by atoms with Gasteiger partial charge in [0.2, 0.25) is 0 Å². The molecule has 0 bridgehead atoms. The van der Waals surface area contributed by atoms with Crippen molar-refractivity contribution in [3.8, 4) is 11.4 Å². The topological polar surface area (TPSA) is 85.6 Å². The summed E-state index contributed by atoms with van der Waals surface area (Å²) in [5.74, 6) is -0.0512. The molecule has 1 aliphatic rings. The number of benzene rings is 2. The van der Waals surface area contributed by atoms with Gasteiger partial charge in [-0.2, -0.15) is 5.10 Å². The van der Waals surface area contributed by atoms with E-state index in [0.717, 1.165) is 40.8 Å². The molecule has 2 heterocycles. The number of hydrogen-bond acceptors (Lipinski definition) is 3. The van der Waals surface area contributed by atoms with Gasteiger partial charge in [0.1, 0.15) is 0 Å². The van der Waals surface area contributed by atoms with Crippen LogP contribution in [-0.4, -0.2) is 34.2 Å². The quantitative estimate of drug-likeness (QED) is 0.405. The fourth-order valence-electron chi connectivity index (χ4n) is 3.88. The van der Waals surface area contributed by atoms with E-state index in [0.29, 0.717) is 18.7 Å². The first kappa shape index (κ1) is 16.6. The van der Waals surface area contributed by atoms with Crippen molar-refractivity contribution < 1.29 is 4.79 Å². The molecule has 140 valence electrons. The van der Waals surface area contributed by atoms with Gasteiger partial charge in [0.25, 0.3) is 5.91 Å². The molecular weight excluding hydrogens is 350 g/mol. The zero-order chi connectivity index (χ0) is 18.9. The van der Waals surface area contributed by atoms with Gasteiger partial charge in [0, 0.05) is 35.2 Å². The molecule has 0 saturated carbocycles. The number of amides is 1. The number of nitrogens with one attached hydrogen (secondary N) is 4. The fraction of sp³-hybridized carbons (Fsp3) is 0.182. The van der Waals surface area contributed by atoms with Gasteiger partial charge in [0.05, 0.1) is 17.6 Å². The Kier molecular flexibility index (Phi) is 4.09. The number of aryl methyl sites for hydroxylation is 2. The highest BCUT2D eigenvalue weighted by atomic mass is 16.1. The molecule has 0 saturated heterocycles. The Balaban J connectivity index is 1.31. The second-order valence-electron chi connectivity index (χ2n) is 7.06. The maximum atomic E-state index is 12.6. The van der Waals surface area contributed by atoms with Crippen molar-refractivity contribution in [3.05, 3.63) is 71.4 Å². The summed E-state index contributed by atoms with van der Waals surface area (Å²) < 4.78 is 0. The number of aromatic amines is 2. The van der Waals surface area contributed by atoms with Crippen LogP contribution < -0.4 is 10.6 Å². The second-order valence-corrected chi connectivity index (χ2v) is 7.06. The maximum absolute atomic E-state index is 12.6. The Morgan fingerprint density at radius 3 is 2.82 bits per heavy atom. The third-order valence-electron chi connectivity index (χ3n) is 5.29. The molecule has 28 heavy (non-hydrogen) atoms. The van der Waals surface area contributed by atoms with E-state index in [9.17, 15) is 4.79 Å². The van der Waals surface area contributed by atoms with Crippen molar-refractivity contribution >= 4 is 22.5 Å².